The largest absolute Gasteiger partial charge is 0.342 e. The Kier molecular flexibility index (Phi) is 4.75. The fourth-order valence-electron chi connectivity index (χ4n) is 1.82. The van der Waals surface area contributed by atoms with E-state index in [4.69, 9.17) is 0 Å². The first-order valence-electron chi connectivity index (χ1n) is 5.63. The molecule has 1 amide bonds. The van der Waals surface area contributed by atoms with E-state index >= 15 is 0 Å². The van der Waals surface area contributed by atoms with Crippen molar-refractivity contribution in [2.75, 3.05) is 32.7 Å². The second-order valence-electron chi connectivity index (χ2n) is 4.06. The number of rotatable bonds is 4. The van der Waals surface area contributed by atoms with E-state index in [0.29, 0.717) is 13.0 Å². The fourth-order valence-corrected chi connectivity index (χ4v) is 1.82. The molecule has 0 spiro atoms. The highest BCUT2D eigenvalue weighted by molar-refractivity contribution is 5.79. The second kappa shape index (κ2) is 5.85. The first kappa shape index (κ1) is 12.2. The van der Waals surface area contributed by atoms with E-state index in [1.165, 1.54) is 0 Å². The highest BCUT2D eigenvalue weighted by atomic mass is 16.2. The van der Waals surface area contributed by atoms with Crippen molar-refractivity contribution < 1.29 is 9.59 Å². The first-order chi connectivity index (χ1) is 7.13. The number of likely N-dealkylation sites (N-methyl/N-ethyl adjacent to an activating group) is 1. The minimum atomic E-state index is 0.193. The van der Waals surface area contributed by atoms with Gasteiger partial charge in [-0.2, -0.15) is 0 Å². The summed E-state index contributed by atoms with van der Waals surface area (Å²) in [7, 11) is 0. The van der Waals surface area contributed by atoms with Crippen LogP contribution in [-0.4, -0.2) is 54.2 Å². The molecular formula is C11H20N2O2. The molecule has 0 atom stereocenters. The van der Waals surface area contributed by atoms with Crippen LogP contribution in [0.1, 0.15) is 26.7 Å². The van der Waals surface area contributed by atoms with Crippen LogP contribution >= 0.6 is 0 Å². The number of carbonyl (C=O) groups excluding carboxylic acids is 2. The topological polar surface area (TPSA) is 40.6 Å². The number of hydrogen-bond acceptors (Lipinski definition) is 3. The predicted molar refractivity (Wildman–Crippen MR) is 58.6 cm³/mol. The van der Waals surface area contributed by atoms with Crippen LogP contribution in [0, 0.1) is 0 Å². The molecule has 1 aliphatic rings. The van der Waals surface area contributed by atoms with E-state index in [0.717, 1.165) is 32.6 Å². The van der Waals surface area contributed by atoms with Crippen molar-refractivity contribution in [1.82, 2.24) is 9.80 Å². The molecule has 4 heteroatoms. The lowest BCUT2D eigenvalue weighted by molar-refractivity contribution is -0.131. The number of carbonyl (C=O) groups is 2. The highest BCUT2D eigenvalue weighted by Gasteiger charge is 2.19. The van der Waals surface area contributed by atoms with Gasteiger partial charge in [0.15, 0.2) is 0 Å². The van der Waals surface area contributed by atoms with Crippen LogP contribution in [-0.2, 0) is 9.59 Å². The molecule has 0 aromatic carbocycles. The predicted octanol–water partition coefficient (Wildman–Crippen LogP) is 0.520. The van der Waals surface area contributed by atoms with Crippen LogP contribution in [0.15, 0.2) is 0 Å². The number of hydrogen-bond donors (Lipinski definition) is 0. The van der Waals surface area contributed by atoms with Crippen LogP contribution in [0.5, 0.6) is 0 Å². The molecule has 0 aromatic rings. The van der Waals surface area contributed by atoms with Crippen LogP contribution in [0.25, 0.3) is 0 Å². The van der Waals surface area contributed by atoms with E-state index in [2.05, 4.69) is 4.90 Å². The minimum Gasteiger partial charge on any atom is -0.342 e. The third-order valence-electron chi connectivity index (χ3n) is 2.78. The molecule has 1 aliphatic heterocycles. The summed E-state index contributed by atoms with van der Waals surface area (Å²) in [6, 6.07) is 0. The number of ketones is 1. The Balaban J connectivity index is 2.41. The Bertz CT molecular complexity index is 241. The Morgan fingerprint density at radius 1 is 1.40 bits per heavy atom. The van der Waals surface area contributed by atoms with Crippen LogP contribution in [0.3, 0.4) is 0 Å². The molecule has 0 unspecified atom stereocenters. The molecule has 0 aromatic heterocycles. The van der Waals surface area contributed by atoms with Gasteiger partial charge in [0, 0.05) is 32.6 Å². The average molecular weight is 212 g/mol. The molecule has 1 rings (SSSR count). The van der Waals surface area contributed by atoms with E-state index in [1.807, 2.05) is 11.8 Å². The van der Waals surface area contributed by atoms with E-state index < -0.39 is 0 Å². The maximum absolute atomic E-state index is 11.7. The Morgan fingerprint density at radius 2 is 2.13 bits per heavy atom. The Hall–Kier alpha value is -0.900. The van der Waals surface area contributed by atoms with Gasteiger partial charge >= 0.3 is 0 Å². The molecular weight excluding hydrogens is 192 g/mol. The third kappa shape index (κ3) is 4.00. The Labute approximate surface area is 91.2 Å². The van der Waals surface area contributed by atoms with Crippen molar-refractivity contribution in [3.05, 3.63) is 0 Å². The fraction of sp³-hybridized carbons (Fsp3) is 0.818. The summed E-state index contributed by atoms with van der Waals surface area (Å²) in [4.78, 5) is 26.5. The molecule has 1 fully saturated rings. The Morgan fingerprint density at radius 3 is 2.73 bits per heavy atom. The lowest BCUT2D eigenvalue weighted by atomic mass is 10.3. The molecule has 1 heterocycles. The standard InChI is InChI=1S/C11H20N2O2/c1-3-13-7-4-6-12(9-11(13)15)8-5-10(2)14/h3-9H2,1-2H3. The van der Waals surface area contributed by atoms with E-state index in [-0.39, 0.29) is 11.7 Å². The highest BCUT2D eigenvalue weighted by Crippen LogP contribution is 2.04. The molecule has 0 radical (unpaired) electrons. The number of Topliss-reactive ketones (excluding diaryl/α,β-unsaturated/α-hetero) is 1. The SMILES string of the molecule is CCN1CCCN(CCC(C)=O)CC1=O. The minimum absolute atomic E-state index is 0.193. The molecule has 0 bridgehead atoms. The van der Waals surface area contributed by atoms with E-state index in [9.17, 15) is 9.59 Å². The molecule has 0 aliphatic carbocycles. The lowest BCUT2D eigenvalue weighted by Crippen LogP contribution is -2.37. The van der Waals surface area contributed by atoms with Crippen molar-refractivity contribution in [2.24, 2.45) is 0 Å². The zero-order chi connectivity index (χ0) is 11.3. The second-order valence-corrected chi connectivity index (χ2v) is 4.06. The van der Waals surface area contributed by atoms with Crippen LogP contribution in [0.2, 0.25) is 0 Å². The molecule has 15 heavy (non-hydrogen) atoms. The zero-order valence-corrected chi connectivity index (χ0v) is 9.66. The zero-order valence-electron chi connectivity index (χ0n) is 9.66. The number of nitrogens with zero attached hydrogens (tertiary/aromatic N) is 2. The van der Waals surface area contributed by atoms with Crippen LogP contribution in [0.4, 0.5) is 0 Å². The van der Waals surface area contributed by atoms with Crippen molar-refractivity contribution in [3.8, 4) is 0 Å². The number of amides is 1. The molecule has 0 saturated carbocycles. The average Bonchev–Trinajstić information content (AvgIpc) is 2.36. The van der Waals surface area contributed by atoms with Gasteiger partial charge in [-0.1, -0.05) is 0 Å². The van der Waals surface area contributed by atoms with Gasteiger partial charge < -0.3 is 4.90 Å². The van der Waals surface area contributed by atoms with Gasteiger partial charge in [-0.05, 0) is 20.3 Å². The third-order valence-corrected chi connectivity index (χ3v) is 2.78. The van der Waals surface area contributed by atoms with Crippen molar-refractivity contribution in [3.63, 3.8) is 0 Å². The summed E-state index contributed by atoms with van der Waals surface area (Å²) in [5.41, 5.74) is 0. The van der Waals surface area contributed by atoms with Crippen LogP contribution < -0.4 is 0 Å². The quantitative estimate of drug-likeness (QED) is 0.682. The summed E-state index contributed by atoms with van der Waals surface area (Å²) >= 11 is 0. The van der Waals surface area contributed by atoms with Crippen molar-refractivity contribution in [2.45, 2.75) is 26.7 Å². The van der Waals surface area contributed by atoms with E-state index in [1.54, 1.807) is 6.92 Å². The summed E-state index contributed by atoms with van der Waals surface area (Å²) < 4.78 is 0. The summed E-state index contributed by atoms with van der Waals surface area (Å²) in [6.45, 7) is 7.36. The van der Waals surface area contributed by atoms with Gasteiger partial charge in [-0.25, -0.2) is 0 Å². The monoisotopic (exact) mass is 212 g/mol. The lowest BCUT2D eigenvalue weighted by Gasteiger charge is -2.19. The smallest absolute Gasteiger partial charge is 0.236 e. The van der Waals surface area contributed by atoms with Gasteiger partial charge in [0.1, 0.15) is 5.78 Å². The maximum atomic E-state index is 11.7. The summed E-state index contributed by atoms with van der Waals surface area (Å²) in [5.74, 6) is 0.387. The molecule has 0 N–H and O–H groups in total. The molecule has 1 saturated heterocycles. The summed E-state index contributed by atoms with van der Waals surface area (Å²) in [5, 5.41) is 0. The van der Waals surface area contributed by atoms with Crippen molar-refractivity contribution >= 4 is 11.7 Å². The maximum Gasteiger partial charge on any atom is 0.236 e. The molecule has 4 nitrogen and oxygen atoms in total. The van der Waals surface area contributed by atoms with Gasteiger partial charge in [0.2, 0.25) is 5.91 Å². The van der Waals surface area contributed by atoms with Gasteiger partial charge in [-0.3, -0.25) is 14.5 Å². The van der Waals surface area contributed by atoms with Crippen molar-refractivity contribution in [1.29, 1.82) is 0 Å². The van der Waals surface area contributed by atoms with Gasteiger partial charge in [-0.15, -0.1) is 0 Å². The summed E-state index contributed by atoms with van der Waals surface area (Å²) in [6.07, 6.45) is 1.57. The van der Waals surface area contributed by atoms with Gasteiger partial charge in [0.25, 0.3) is 0 Å². The van der Waals surface area contributed by atoms with Gasteiger partial charge in [0.05, 0.1) is 6.54 Å². The first-order valence-corrected chi connectivity index (χ1v) is 5.63. The normalized spacial score (nSPS) is 19.1. The molecule has 86 valence electrons.